The number of nitrogens with zero attached hydrogens (tertiary/aromatic N) is 2. The lowest BCUT2D eigenvalue weighted by Gasteiger charge is -2.45. The Bertz CT molecular complexity index is 1180. The number of amides is 1. The van der Waals surface area contributed by atoms with Gasteiger partial charge in [-0.2, -0.15) is 0 Å². The number of aliphatic hydroxyl groups is 1. The van der Waals surface area contributed by atoms with Crippen LogP contribution in [0, 0.1) is 10.8 Å². The number of hydrogen-bond donors (Lipinski definition) is 2. The molecule has 3 aromatic rings. The van der Waals surface area contributed by atoms with E-state index in [1.807, 2.05) is 30.7 Å². The van der Waals surface area contributed by atoms with Crippen LogP contribution >= 0.6 is 0 Å². The molecule has 2 N–H and O–H groups in total. The smallest absolute Gasteiger partial charge is 0.226 e. The first-order chi connectivity index (χ1) is 16.6. The summed E-state index contributed by atoms with van der Waals surface area (Å²) < 4.78 is 2.23. The van der Waals surface area contributed by atoms with Crippen molar-refractivity contribution in [2.45, 2.75) is 70.1 Å². The first kappa shape index (κ1) is 21.6. The van der Waals surface area contributed by atoms with Crippen molar-refractivity contribution in [3.8, 4) is 11.3 Å². The van der Waals surface area contributed by atoms with E-state index in [-0.39, 0.29) is 28.9 Å². The summed E-state index contributed by atoms with van der Waals surface area (Å²) in [4.78, 5) is 17.7. The van der Waals surface area contributed by atoms with E-state index in [0.717, 1.165) is 56.2 Å². The summed E-state index contributed by atoms with van der Waals surface area (Å²) in [5.74, 6) is 0.203. The molecule has 0 radical (unpaired) electrons. The molecule has 3 saturated carbocycles. The number of nitrogens with one attached hydrogen (secondary N) is 1. The third kappa shape index (κ3) is 3.49. The van der Waals surface area contributed by atoms with Gasteiger partial charge in [0.1, 0.15) is 0 Å². The number of aliphatic hydroxyl groups excluding tert-OH is 1. The maximum atomic E-state index is 13.3. The van der Waals surface area contributed by atoms with Crippen molar-refractivity contribution >= 4 is 5.91 Å². The lowest BCUT2D eigenvalue weighted by molar-refractivity contribution is -0.135. The zero-order valence-corrected chi connectivity index (χ0v) is 19.6. The number of carbonyl (C=O) groups is 1. The molecule has 2 atom stereocenters. The number of rotatable bonds is 6. The molecule has 34 heavy (non-hydrogen) atoms. The van der Waals surface area contributed by atoms with E-state index in [1.165, 1.54) is 11.1 Å². The second-order valence-corrected chi connectivity index (χ2v) is 10.7. The van der Waals surface area contributed by atoms with Crippen molar-refractivity contribution in [1.82, 2.24) is 14.9 Å². The molecule has 1 amide bonds. The predicted octanol–water partition coefficient (Wildman–Crippen LogP) is 5.25. The van der Waals surface area contributed by atoms with Crippen molar-refractivity contribution < 1.29 is 9.90 Å². The first-order valence-electron chi connectivity index (χ1n) is 12.7. The predicted molar refractivity (Wildman–Crippen MR) is 132 cm³/mol. The molecule has 5 nitrogen and oxygen atoms in total. The Morgan fingerprint density at radius 1 is 1.03 bits per heavy atom. The fourth-order valence-corrected chi connectivity index (χ4v) is 6.95. The Kier molecular flexibility index (Phi) is 5.33. The SMILES string of the molecule is O=C(NCc1ccccc1)C12CCCC(C(O)CC3c4ccccc4-c4cncn43)(CC1)CC2. The third-order valence-electron chi connectivity index (χ3n) is 9.06. The Hall–Kier alpha value is -2.92. The van der Waals surface area contributed by atoms with Crippen LogP contribution in [0.15, 0.2) is 67.1 Å². The van der Waals surface area contributed by atoms with Crippen LogP contribution in [-0.2, 0) is 11.3 Å². The van der Waals surface area contributed by atoms with E-state index in [2.05, 4.69) is 51.3 Å². The van der Waals surface area contributed by atoms with Gasteiger partial charge in [0, 0.05) is 17.5 Å². The van der Waals surface area contributed by atoms with Gasteiger partial charge in [-0.25, -0.2) is 4.98 Å². The van der Waals surface area contributed by atoms with E-state index < -0.39 is 0 Å². The maximum absolute atomic E-state index is 13.3. The number of fused-ring (bicyclic) bond motifs is 7. The molecule has 0 saturated heterocycles. The standard InChI is InChI=1S/C29H33N3O2/c33-26(17-24-22-9-4-5-10-23(22)25-19-30-20-32(24)25)28-11-6-12-29(15-13-28,16-14-28)27(34)31-18-21-7-2-1-3-8-21/h1-5,7-10,19-20,24,26,33H,6,11-18H2,(H,31,34). The highest BCUT2D eigenvalue weighted by atomic mass is 16.3. The normalized spacial score (nSPS) is 28.1. The number of hydrogen-bond acceptors (Lipinski definition) is 3. The summed E-state index contributed by atoms with van der Waals surface area (Å²) in [5, 5.41) is 14.9. The van der Waals surface area contributed by atoms with Gasteiger partial charge in [0.25, 0.3) is 0 Å². The molecule has 3 aliphatic carbocycles. The lowest BCUT2D eigenvalue weighted by atomic mass is 9.62. The highest BCUT2D eigenvalue weighted by Gasteiger charge is 2.52. The molecule has 2 heterocycles. The van der Waals surface area contributed by atoms with Crippen LogP contribution in [0.4, 0.5) is 0 Å². The zero-order valence-electron chi connectivity index (χ0n) is 19.6. The lowest BCUT2D eigenvalue weighted by Crippen LogP contribution is -2.46. The Morgan fingerprint density at radius 3 is 2.62 bits per heavy atom. The molecule has 5 heteroatoms. The monoisotopic (exact) mass is 455 g/mol. The van der Waals surface area contributed by atoms with E-state index in [0.29, 0.717) is 13.0 Å². The van der Waals surface area contributed by atoms with E-state index in [4.69, 9.17) is 0 Å². The molecule has 1 aliphatic heterocycles. The highest BCUT2D eigenvalue weighted by molar-refractivity contribution is 5.82. The van der Waals surface area contributed by atoms with Crippen molar-refractivity contribution in [3.05, 3.63) is 78.2 Å². The molecule has 4 aliphatic rings. The zero-order chi connectivity index (χ0) is 23.2. The molecule has 2 unspecified atom stereocenters. The summed E-state index contributed by atoms with van der Waals surface area (Å²) in [5.41, 5.74) is 4.44. The Labute approximate surface area is 201 Å². The van der Waals surface area contributed by atoms with Crippen molar-refractivity contribution in [2.75, 3.05) is 0 Å². The molecule has 7 rings (SSSR count). The highest BCUT2D eigenvalue weighted by Crippen LogP contribution is 2.57. The topological polar surface area (TPSA) is 67.2 Å². The summed E-state index contributed by atoms with van der Waals surface area (Å²) in [6.45, 7) is 0.587. The minimum Gasteiger partial charge on any atom is -0.392 e. The third-order valence-corrected chi connectivity index (χ3v) is 9.06. The average Bonchev–Trinajstić information content (AvgIpc) is 3.33. The molecular weight excluding hydrogens is 422 g/mol. The van der Waals surface area contributed by atoms with Crippen LogP contribution in [0.5, 0.6) is 0 Å². The van der Waals surface area contributed by atoms with Crippen molar-refractivity contribution in [1.29, 1.82) is 0 Å². The minimum atomic E-state index is -0.387. The second-order valence-electron chi connectivity index (χ2n) is 10.7. The van der Waals surface area contributed by atoms with E-state index >= 15 is 0 Å². The molecule has 3 fully saturated rings. The van der Waals surface area contributed by atoms with Gasteiger partial charge in [-0.3, -0.25) is 4.79 Å². The van der Waals surface area contributed by atoms with Crippen LogP contribution < -0.4 is 5.32 Å². The fourth-order valence-electron chi connectivity index (χ4n) is 6.95. The summed E-state index contributed by atoms with van der Waals surface area (Å²) in [6, 6.07) is 18.8. The number of carbonyl (C=O) groups excluding carboxylic acids is 1. The van der Waals surface area contributed by atoms with Crippen LogP contribution in [0.25, 0.3) is 11.3 Å². The van der Waals surface area contributed by atoms with Gasteiger partial charge < -0.3 is 15.0 Å². The second kappa shape index (κ2) is 8.38. The molecule has 176 valence electrons. The molecule has 1 aromatic heterocycles. The molecule has 2 bridgehead atoms. The van der Waals surface area contributed by atoms with Crippen LogP contribution in [0.2, 0.25) is 0 Å². The van der Waals surface area contributed by atoms with Gasteiger partial charge in [0.2, 0.25) is 5.91 Å². The Morgan fingerprint density at radius 2 is 1.79 bits per heavy atom. The quantitative estimate of drug-likeness (QED) is 0.533. The van der Waals surface area contributed by atoms with Gasteiger partial charge in [-0.05, 0) is 61.5 Å². The summed E-state index contributed by atoms with van der Waals surface area (Å²) >= 11 is 0. The van der Waals surface area contributed by atoms with Gasteiger partial charge in [0.15, 0.2) is 0 Å². The van der Waals surface area contributed by atoms with E-state index in [1.54, 1.807) is 0 Å². The van der Waals surface area contributed by atoms with Gasteiger partial charge in [-0.1, -0.05) is 61.0 Å². The van der Waals surface area contributed by atoms with E-state index in [9.17, 15) is 9.90 Å². The van der Waals surface area contributed by atoms with Gasteiger partial charge in [0.05, 0.1) is 30.4 Å². The fraction of sp³-hybridized carbons (Fsp3) is 0.448. The van der Waals surface area contributed by atoms with Crippen LogP contribution in [-0.4, -0.2) is 26.7 Å². The van der Waals surface area contributed by atoms with Gasteiger partial charge in [-0.15, -0.1) is 0 Å². The van der Waals surface area contributed by atoms with Crippen molar-refractivity contribution in [2.24, 2.45) is 10.8 Å². The Balaban J connectivity index is 1.16. The first-order valence-corrected chi connectivity index (χ1v) is 12.7. The molecular formula is C29H33N3O2. The van der Waals surface area contributed by atoms with Crippen molar-refractivity contribution in [3.63, 3.8) is 0 Å². The summed E-state index contributed by atoms with van der Waals surface area (Å²) in [7, 11) is 0. The number of imidazole rings is 1. The number of aromatic nitrogens is 2. The molecule has 2 aromatic carbocycles. The number of benzene rings is 2. The molecule has 0 spiro atoms. The average molecular weight is 456 g/mol. The van der Waals surface area contributed by atoms with Gasteiger partial charge >= 0.3 is 0 Å². The summed E-state index contributed by atoms with van der Waals surface area (Å²) in [6.07, 6.45) is 10.7. The maximum Gasteiger partial charge on any atom is 0.226 e. The largest absolute Gasteiger partial charge is 0.392 e. The minimum absolute atomic E-state index is 0.0853. The van der Waals surface area contributed by atoms with Crippen LogP contribution in [0.1, 0.15) is 68.5 Å². The van der Waals surface area contributed by atoms with Crippen LogP contribution in [0.3, 0.4) is 0 Å².